The number of amides is 1. The summed E-state index contributed by atoms with van der Waals surface area (Å²) < 4.78 is 1.56. The number of carbonyl (C=O) groups is 1. The summed E-state index contributed by atoms with van der Waals surface area (Å²) in [5, 5.41) is 12.1. The molecule has 3 aromatic rings. The molecule has 1 aliphatic heterocycles. The maximum atomic E-state index is 13.2. The summed E-state index contributed by atoms with van der Waals surface area (Å²) in [6.07, 6.45) is 3.43. The Labute approximate surface area is 189 Å². The number of fused-ring (bicyclic) bond motifs is 1. The monoisotopic (exact) mass is 452 g/mol. The largest absolute Gasteiger partial charge is 0.343 e. The Morgan fingerprint density at radius 1 is 1.09 bits per heavy atom. The summed E-state index contributed by atoms with van der Waals surface area (Å²) in [6.45, 7) is 1.81. The van der Waals surface area contributed by atoms with Crippen molar-refractivity contribution in [3.8, 4) is 0 Å². The summed E-state index contributed by atoms with van der Waals surface area (Å²) in [7, 11) is 0. The molecule has 1 amide bonds. The van der Waals surface area contributed by atoms with E-state index in [2.05, 4.69) is 4.98 Å². The van der Waals surface area contributed by atoms with Gasteiger partial charge in [-0.2, -0.15) is 0 Å². The fraction of sp³-hybridized carbons (Fsp3) is 0.348. The molecule has 0 atom stereocenters. The van der Waals surface area contributed by atoms with Crippen molar-refractivity contribution in [3.05, 3.63) is 74.6 Å². The molecule has 9 heteroatoms. The molecule has 2 aromatic carbocycles. The number of aromatic nitrogens is 2. The third kappa shape index (κ3) is 4.99. The van der Waals surface area contributed by atoms with Gasteiger partial charge in [0.2, 0.25) is 5.91 Å². The molecule has 0 radical (unpaired) electrons. The molecule has 166 valence electrons. The zero-order valence-corrected chi connectivity index (χ0v) is 18.4. The number of non-ortho nitro benzene ring substituents is 1. The molecule has 0 aliphatic carbocycles. The predicted octanol–water partition coefficient (Wildman–Crippen LogP) is 4.00. The summed E-state index contributed by atoms with van der Waals surface area (Å²) in [6, 6.07) is 13.6. The summed E-state index contributed by atoms with van der Waals surface area (Å²) in [4.78, 5) is 43.0. The van der Waals surface area contributed by atoms with Gasteiger partial charge in [-0.3, -0.25) is 24.3 Å². The van der Waals surface area contributed by atoms with Gasteiger partial charge in [-0.1, -0.05) is 36.0 Å². The molecule has 0 N–H and O–H groups in total. The van der Waals surface area contributed by atoms with Crippen LogP contribution in [0.4, 0.5) is 5.69 Å². The van der Waals surface area contributed by atoms with E-state index < -0.39 is 4.92 Å². The molecular formula is C23H24N4O4S. The number of thioether (sulfide) groups is 1. The third-order valence-electron chi connectivity index (χ3n) is 5.57. The smallest absolute Gasteiger partial charge is 0.269 e. The first-order valence-electron chi connectivity index (χ1n) is 10.7. The molecule has 0 bridgehead atoms. The molecule has 8 nitrogen and oxygen atoms in total. The molecule has 4 rings (SSSR count). The van der Waals surface area contributed by atoms with Crippen molar-refractivity contribution in [1.29, 1.82) is 0 Å². The van der Waals surface area contributed by atoms with Gasteiger partial charge in [-0.15, -0.1) is 0 Å². The van der Waals surface area contributed by atoms with Crippen molar-refractivity contribution in [1.82, 2.24) is 14.5 Å². The fourth-order valence-corrected chi connectivity index (χ4v) is 4.84. The van der Waals surface area contributed by atoms with Crippen LogP contribution in [-0.4, -0.2) is 38.4 Å². The van der Waals surface area contributed by atoms with Crippen molar-refractivity contribution >= 4 is 34.3 Å². The second kappa shape index (κ2) is 9.95. The van der Waals surface area contributed by atoms with Crippen molar-refractivity contribution in [3.63, 3.8) is 0 Å². The zero-order valence-electron chi connectivity index (χ0n) is 17.6. The van der Waals surface area contributed by atoms with Gasteiger partial charge >= 0.3 is 0 Å². The van der Waals surface area contributed by atoms with Gasteiger partial charge in [0.05, 0.1) is 15.8 Å². The lowest BCUT2D eigenvalue weighted by molar-refractivity contribution is -0.384. The highest BCUT2D eigenvalue weighted by atomic mass is 32.2. The lowest BCUT2D eigenvalue weighted by Gasteiger charge is -2.27. The van der Waals surface area contributed by atoms with Gasteiger partial charge in [0.1, 0.15) is 0 Å². The number of benzene rings is 2. The second-order valence-electron chi connectivity index (χ2n) is 7.78. The zero-order chi connectivity index (χ0) is 22.5. The Morgan fingerprint density at radius 2 is 1.88 bits per heavy atom. The lowest BCUT2D eigenvalue weighted by atomic mass is 10.1. The number of carbonyl (C=O) groups excluding carboxylic acids is 1. The summed E-state index contributed by atoms with van der Waals surface area (Å²) in [5.74, 6) is 0.478. The molecule has 1 saturated heterocycles. The average Bonchev–Trinajstić information content (AvgIpc) is 2.83. The Hall–Kier alpha value is -3.20. The van der Waals surface area contributed by atoms with Crippen LogP contribution in [0.25, 0.3) is 10.9 Å². The van der Waals surface area contributed by atoms with E-state index in [1.165, 1.54) is 23.9 Å². The summed E-state index contributed by atoms with van der Waals surface area (Å²) >= 11 is 1.34. The van der Waals surface area contributed by atoms with Gasteiger partial charge in [-0.25, -0.2) is 4.98 Å². The third-order valence-corrected chi connectivity index (χ3v) is 6.62. The number of nitro groups is 1. The quantitative estimate of drug-likeness (QED) is 0.233. The Bertz CT molecular complexity index is 1200. The minimum Gasteiger partial charge on any atom is -0.343 e. The van der Waals surface area contributed by atoms with Crippen LogP contribution in [0.1, 0.15) is 31.2 Å². The highest BCUT2D eigenvalue weighted by Crippen LogP contribution is 2.24. The predicted molar refractivity (Wildman–Crippen MR) is 124 cm³/mol. The first kappa shape index (κ1) is 22.0. The molecule has 1 aromatic heterocycles. The van der Waals surface area contributed by atoms with E-state index in [9.17, 15) is 19.7 Å². The molecular weight excluding hydrogens is 428 g/mol. The number of hydrogen-bond donors (Lipinski definition) is 0. The topological polar surface area (TPSA) is 98.3 Å². The molecule has 0 spiro atoms. The number of hydrogen-bond acceptors (Lipinski definition) is 6. The van der Waals surface area contributed by atoms with Crippen LogP contribution >= 0.6 is 11.8 Å². The number of nitrogens with zero attached hydrogens (tertiary/aromatic N) is 4. The van der Waals surface area contributed by atoms with Gasteiger partial charge in [0.25, 0.3) is 11.2 Å². The van der Waals surface area contributed by atoms with Crippen LogP contribution in [0.3, 0.4) is 0 Å². The maximum Gasteiger partial charge on any atom is 0.269 e. The maximum absolute atomic E-state index is 13.2. The van der Waals surface area contributed by atoms with Crippen molar-refractivity contribution in [2.75, 3.05) is 13.1 Å². The number of likely N-dealkylation sites (tertiary alicyclic amines) is 1. The van der Waals surface area contributed by atoms with Crippen LogP contribution in [0.15, 0.2) is 58.5 Å². The molecule has 2 heterocycles. The van der Waals surface area contributed by atoms with Crippen molar-refractivity contribution in [2.45, 2.75) is 43.1 Å². The number of piperidine rings is 1. The van der Waals surface area contributed by atoms with Gasteiger partial charge in [0.15, 0.2) is 5.16 Å². The number of nitro benzene ring substituents is 1. The van der Waals surface area contributed by atoms with E-state index in [4.69, 9.17) is 0 Å². The van der Waals surface area contributed by atoms with E-state index in [1.54, 1.807) is 28.8 Å². The molecule has 0 unspecified atom stereocenters. The van der Waals surface area contributed by atoms with E-state index >= 15 is 0 Å². The van der Waals surface area contributed by atoms with Crippen molar-refractivity contribution in [2.24, 2.45) is 0 Å². The van der Waals surface area contributed by atoms with E-state index in [1.807, 2.05) is 17.0 Å². The normalized spacial score (nSPS) is 13.9. The highest BCUT2D eigenvalue weighted by molar-refractivity contribution is 7.98. The molecule has 1 aliphatic rings. The first-order valence-corrected chi connectivity index (χ1v) is 11.6. The SMILES string of the molecule is O=C(CCn1c(SCc2cccc([N+](=O)[O-])c2)nc2ccccc2c1=O)N1CCCCC1. The van der Waals surface area contributed by atoms with Crippen LogP contribution in [0, 0.1) is 10.1 Å². The Balaban J connectivity index is 1.58. The van der Waals surface area contributed by atoms with Gasteiger partial charge in [-0.05, 0) is 37.0 Å². The van der Waals surface area contributed by atoms with Gasteiger partial charge in [0, 0.05) is 43.9 Å². The Kier molecular flexibility index (Phi) is 6.84. The van der Waals surface area contributed by atoms with E-state index in [0.29, 0.717) is 21.8 Å². The van der Waals surface area contributed by atoms with Crippen LogP contribution in [-0.2, 0) is 17.1 Å². The minimum absolute atomic E-state index is 0.0269. The second-order valence-corrected chi connectivity index (χ2v) is 8.72. The summed E-state index contributed by atoms with van der Waals surface area (Å²) in [5.41, 5.74) is 1.21. The van der Waals surface area contributed by atoms with E-state index in [0.717, 1.165) is 37.9 Å². The highest BCUT2D eigenvalue weighted by Gasteiger charge is 2.18. The molecule has 32 heavy (non-hydrogen) atoms. The van der Waals surface area contributed by atoms with Crippen LogP contribution in [0.2, 0.25) is 0 Å². The minimum atomic E-state index is -0.426. The Morgan fingerprint density at radius 3 is 2.66 bits per heavy atom. The van der Waals surface area contributed by atoms with Crippen LogP contribution in [0.5, 0.6) is 0 Å². The fourth-order valence-electron chi connectivity index (χ4n) is 3.87. The lowest BCUT2D eigenvalue weighted by Crippen LogP contribution is -2.36. The first-order chi connectivity index (χ1) is 15.5. The standard InChI is InChI=1S/C23H24N4O4S/c28-21(25-12-4-1-5-13-25)11-14-26-22(29)19-9-2-3-10-20(19)24-23(26)32-16-17-7-6-8-18(15-17)27(30)31/h2-3,6-10,15H,1,4-5,11-14,16H2. The van der Waals surface area contributed by atoms with Gasteiger partial charge < -0.3 is 4.90 Å². The molecule has 1 fully saturated rings. The van der Waals surface area contributed by atoms with Crippen molar-refractivity contribution < 1.29 is 9.72 Å². The average molecular weight is 453 g/mol. The van der Waals surface area contributed by atoms with E-state index in [-0.39, 0.29) is 30.1 Å². The molecule has 0 saturated carbocycles. The number of rotatable bonds is 7. The number of para-hydroxylation sites is 1. The van der Waals surface area contributed by atoms with Crippen LogP contribution < -0.4 is 5.56 Å².